The highest BCUT2D eigenvalue weighted by Gasteiger charge is 2.51. The maximum Gasteiger partial charge on any atom is 0.303 e. The Kier molecular flexibility index (Phi) is 6.17. The van der Waals surface area contributed by atoms with Gasteiger partial charge in [0.2, 0.25) is 5.95 Å². The van der Waals surface area contributed by atoms with Gasteiger partial charge in [0, 0.05) is 25.7 Å². The molecule has 4 atom stereocenters. The van der Waals surface area contributed by atoms with E-state index in [-0.39, 0.29) is 35.4 Å². The van der Waals surface area contributed by atoms with Crippen molar-refractivity contribution in [1.82, 2.24) is 19.9 Å². The predicted octanol–water partition coefficient (Wildman–Crippen LogP) is 0.743. The molecule has 15 nitrogen and oxygen atoms in total. The van der Waals surface area contributed by atoms with Crippen LogP contribution < -0.4 is 5.73 Å². The summed E-state index contributed by atoms with van der Waals surface area (Å²) in [6.45, 7) is 3.29. The molecule has 0 aromatic carbocycles. The number of carbonyl (C=O) groups excluding carboxylic acids is 3. The van der Waals surface area contributed by atoms with Crippen LogP contribution in [0.15, 0.2) is 5.11 Å². The Bertz CT molecular complexity index is 1080. The summed E-state index contributed by atoms with van der Waals surface area (Å²) in [5.74, 6) is -2.07. The van der Waals surface area contributed by atoms with Gasteiger partial charge in [0.1, 0.15) is 24.1 Å². The molecule has 1 aliphatic heterocycles. The van der Waals surface area contributed by atoms with Crippen molar-refractivity contribution in [2.75, 3.05) is 12.3 Å². The zero-order valence-electron chi connectivity index (χ0n) is 16.6. The van der Waals surface area contributed by atoms with Crippen molar-refractivity contribution in [1.29, 1.82) is 0 Å². The van der Waals surface area contributed by atoms with Gasteiger partial charge >= 0.3 is 17.9 Å². The molecule has 15 heteroatoms. The topological polar surface area (TPSA) is 217 Å². The van der Waals surface area contributed by atoms with Crippen LogP contribution in [0, 0.1) is 0 Å². The average molecular weight is 434 g/mol. The largest absolute Gasteiger partial charge is 0.463 e. The molecular formula is C16H18N8O7. The van der Waals surface area contributed by atoms with E-state index in [0.29, 0.717) is 0 Å². The number of hydrogen-bond acceptors (Lipinski definition) is 12. The SMILES string of the molecule is CC(=O)OC[C@H]1OC(c2nc3nc(N)nc(N=[N+]=[N-])c3[nH]2)[C@H](OC(C)=O)[C@@H]1OC(C)=O. The summed E-state index contributed by atoms with van der Waals surface area (Å²) >= 11 is 0. The van der Waals surface area contributed by atoms with Crippen LogP contribution in [0.2, 0.25) is 0 Å². The molecule has 0 radical (unpaired) electrons. The van der Waals surface area contributed by atoms with Gasteiger partial charge in [0.05, 0.1) is 0 Å². The molecule has 1 saturated heterocycles. The predicted molar refractivity (Wildman–Crippen MR) is 100 cm³/mol. The number of anilines is 1. The van der Waals surface area contributed by atoms with Gasteiger partial charge in [-0.15, -0.1) is 0 Å². The van der Waals surface area contributed by atoms with Crippen LogP contribution in [0.3, 0.4) is 0 Å². The Hall–Kier alpha value is -3.97. The molecule has 0 bridgehead atoms. The number of hydrogen-bond donors (Lipinski definition) is 2. The van der Waals surface area contributed by atoms with Gasteiger partial charge in [-0.25, -0.2) is 9.97 Å². The van der Waals surface area contributed by atoms with Crippen molar-refractivity contribution < 1.29 is 33.3 Å². The maximum atomic E-state index is 11.7. The van der Waals surface area contributed by atoms with Crippen molar-refractivity contribution in [2.24, 2.45) is 5.11 Å². The minimum atomic E-state index is -1.13. The Labute approximate surface area is 173 Å². The minimum absolute atomic E-state index is 0.0718. The molecule has 0 aliphatic carbocycles. The number of nitrogens with zero attached hydrogens (tertiary/aromatic N) is 6. The molecule has 1 fully saturated rings. The number of azide groups is 1. The van der Waals surface area contributed by atoms with E-state index in [9.17, 15) is 14.4 Å². The second-order valence-corrected chi connectivity index (χ2v) is 6.46. The zero-order valence-corrected chi connectivity index (χ0v) is 16.6. The molecule has 0 amide bonds. The van der Waals surface area contributed by atoms with Crippen molar-refractivity contribution in [2.45, 2.75) is 45.2 Å². The molecule has 0 spiro atoms. The highest BCUT2D eigenvalue weighted by molar-refractivity contribution is 5.82. The van der Waals surface area contributed by atoms with Gasteiger partial charge in [0.15, 0.2) is 29.8 Å². The minimum Gasteiger partial charge on any atom is -0.463 e. The zero-order chi connectivity index (χ0) is 22.7. The van der Waals surface area contributed by atoms with Gasteiger partial charge in [0.25, 0.3) is 0 Å². The average Bonchev–Trinajstić information content (AvgIpc) is 3.21. The van der Waals surface area contributed by atoms with Crippen LogP contribution in [-0.2, 0) is 33.3 Å². The Morgan fingerprint density at radius 2 is 1.81 bits per heavy atom. The number of nitrogens with two attached hydrogens (primary N) is 1. The number of nitrogen functional groups attached to an aromatic ring is 1. The number of esters is 3. The molecule has 3 heterocycles. The molecule has 1 unspecified atom stereocenters. The van der Waals surface area contributed by atoms with Crippen LogP contribution in [0.5, 0.6) is 0 Å². The Balaban J connectivity index is 2.05. The number of rotatable bonds is 6. The third-order valence-corrected chi connectivity index (χ3v) is 4.14. The summed E-state index contributed by atoms with van der Waals surface area (Å²) in [6, 6.07) is 0. The molecule has 3 N–H and O–H groups in total. The Morgan fingerprint density at radius 1 is 1.13 bits per heavy atom. The Morgan fingerprint density at radius 3 is 2.42 bits per heavy atom. The van der Waals surface area contributed by atoms with E-state index in [0.717, 1.165) is 0 Å². The molecule has 31 heavy (non-hydrogen) atoms. The standard InChI is InChI=1S/C16H18N8O7/c1-5(25)28-4-8-10(29-6(2)26)11(30-7(3)27)12(31-8)15-19-9-13(20-15)21-16(17)22-14(9)23-24-18/h8,10-12H,4H2,1-3H3,(H3,17,19,20,21,22)/t8-,10-,11-,12?/m1/s1. The van der Waals surface area contributed by atoms with Gasteiger partial charge in [-0.1, -0.05) is 0 Å². The number of ether oxygens (including phenoxy) is 4. The molecular weight excluding hydrogens is 416 g/mol. The summed E-state index contributed by atoms with van der Waals surface area (Å²) in [6.07, 6.45) is -4.24. The number of H-pyrrole nitrogens is 1. The second-order valence-electron chi connectivity index (χ2n) is 6.46. The van der Waals surface area contributed by atoms with Gasteiger partial charge in [-0.3, -0.25) is 14.4 Å². The van der Waals surface area contributed by atoms with Crippen LogP contribution in [0.1, 0.15) is 32.7 Å². The van der Waals surface area contributed by atoms with Crippen molar-refractivity contribution in [3.63, 3.8) is 0 Å². The fourth-order valence-corrected chi connectivity index (χ4v) is 3.10. The lowest BCUT2D eigenvalue weighted by Crippen LogP contribution is -2.40. The van der Waals surface area contributed by atoms with E-state index < -0.39 is 42.3 Å². The fourth-order valence-electron chi connectivity index (χ4n) is 3.10. The summed E-state index contributed by atoms with van der Waals surface area (Å²) < 4.78 is 21.5. The summed E-state index contributed by atoms with van der Waals surface area (Å²) in [7, 11) is 0. The third kappa shape index (κ3) is 4.79. The van der Waals surface area contributed by atoms with E-state index in [1.165, 1.54) is 20.8 Å². The molecule has 3 rings (SSSR count). The molecule has 1 aliphatic rings. The number of imidazole rings is 1. The molecule has 2 aromatic rings. The number of fused-ring (bicyclic) bond motifs is 1. The quantitative estimate of drug-likeness (QED) is 0.212. The lowest BCUT2D eigenvalue weighted by molar-refractivity contribution is -0.165. The summed E-state index contributed by atoms with van der Waals surface area (Å²) in [4.78, 5) is 52.2. The molecule has 0 saturated carbocycles. The lowest BCUT2D eigenvalue weighted by Gasteiger charge is -2.22. The molecule has 2 aromatic heterocycles. The number of nitrogens with one attached hydrogen (secondary N) is 1. The van der Waals surface area contributed by atoms with E-state index in [1.807, 2.05) is 0 Å². The van der Waals surface area contributed by atoms with Gasteiger partial charge < -0.3 is 29.7 Å². The molecule has 164 valence electrons. The first-order valence-electron chi connectivity index (χ1n) is 8.91. The van der Waals surface area contributed by atoms with Crippen molar-refractivity contribution >= 4 is 40.8 Å². The number of aromatic amines is 1. The summed E-state index contributed by atoms with van der Waals surface area (Å²) in [5, 5.41) is 3.45. The van der Waals surface area contributed by atoms with Crippen LogP contribution in [-0.4, -0.2) is 62.8 Å². The van der Waals surface area contributed by atoms with Crippen molar-refractivity contribution in [3.05, 3.63) is 16.3 Å². The monoisotopic (exact) mass is 434 g/mol. The van der Waals surface area contributed by atoms with E-state index in [2.05, 4.69) is 30.0 Å². The van der Waals surface area contributed by atoms with Gasteiger partial charge in [-0.2, -0.15) is 4.98 Å². The first-order valence-corrected chi connectivity index (χ1v) is 8.91. The van der Waals surface area contributed by atoms with Crippen LogP contribution in [0.25, 0.3) is 21.6 Å². The first-order chi connectivity index (χ1) is 14.7. The number of aromatic nitrogens is 4. The van der Waals surface area contributed by atoms with Crippen LogP contribution >= 0.6 is 0 Å². The van der Waals surface area contributed by atoms with E-state index in [1.54, 1.807) is 0 Å². The van der Waals surface area contributed by atoms with Crippen molar-refractivity contribution in [3.8, 4) is 0 Å². The maximum absolute atomic E-state index is 11.7. The van der Waals surface area contributed by atoms with E-state index in [4.69, 9.17) is 30.2 Å². The van der Waals surface area contributed by atoms with Crippen LogP contribution in [0.4, 0.5) is 11.8 Å². The highest BCUT2D eigenvalue weighted by Crippen LogP contribution is 2.38. The first kappa shape index (κ1) is 21.7. The normalized spacial score (nSPS) is 22.5. The second kappa shape index (κ2) is 8.81. The lowest BCUT2D eigenvalue weighted by atomic mass is 10.1. The third-order valence-electron chi connectivity index (χ3n) is 4.14. The highest BCUT2D eigenvalue weighted by atomic mass is 16.6. The van der Waals surface area contributed by atoms with Gasteiger partial charge in [-0.05, 0) is 10.6 Å². The smallest absolute Gasteiger partial charge is 0.303 e. The summed E-state index contributed by atoms with van der Waals surface area (Å²) in [5.41, 5.74) is 14.6. The number of carbonyl (C=O) groups is 3. The van der Waals surface area contributed by atoms with E-state index >= 15 is 0 Å². The fraction of sp³-hybridized carbons (Fsp3) is 0.500.